The second-order valence-corrected chi connectivity index (χ2v) is 7.92. The maximum Gasteiger partial charge on any atom is 0.252 e. The molecule has 0 spiro atoms. The topological polar surface area (TPSA) is 101 Å². The molecule has 0 aliphatic carbocycles. The molecule has 3 rings (SSSR count). The molecule has 1 aromatic carbocycles. The summed E-state index contributed by atoms with van der Waals surface area (Å²) in [6, 6.07) is 12.9. The number of pyridine rings is 2. The third-order valence-corrected chi connectivity index (χ3v) is 4.67. The number of fused-ring (bicyclic) bond motifs is 1. The highest BCUT2D eigenvalue weighted by Gasteiger charge is 2.13. The van der Waals surface area contributed by atoms with E-state index in [2.05, 4.69) is 20.0 Å². The summed E-state index contributed by atoms with van der Waals surface area (Å²) in [5.41, 5.74) is 2.83. The van der Waals surface area contributed by atoms with E-state index in [1.54, 1.807) is 18.5 Å². The van der Waals surface area contributed by atoms with Crippen LogP contribution in [0, 0.1) is 0 Å². The van der Waals surface area contributed by atoms with Crippen LogP contribution < -0.4 is 10.0 Å². The van der Waals surface area contributed by atoms with Crippen molar-refractivity contribution in [3.05, 3.63) is 60.4 Å². The van der Waals surface area contributed by atoms with Crippen molar-refractivity contribution in [2.45, 2.75) is 6.42 Å². The van der Waals surface area contributed by atoms with Gasteiger partial charge in [0, 0.05) is 36.4 Å². The first kappa shape index (κ1) is 18.9. The fourth-order valence-corrected chi connectivity index (χ4v) is 3.19. The molecule has 0 fully saturated rings. The molecule has 27 heavy (non-hydrogen) atoms. The van der Waals surface area contributed by atoms with E-state index in [4.69, 9.17) is 0 Å². The Balaban J connectivity index is 1.81. The number of rotatable bonds is 7. The Hall–Kier alpha value is -2.84. The predicted molar refractivity (Wildman–Crippen MR) is 105 cm³/mol. The lowest BCUT2D eigenvalue weighted by atomic mass is 10.0. The largest absolute Gasteiger partial charge is 0.352 e. The van der Waals surface area contributed by atoms with E-state index in [1.165, 1.54) is 0 Å². The normalized spacial score (nSPS) is 11.4. The fourth-order valence-electron chi connectivity index (χ4n) is 2.68. The second kappa shape index (κ2) is 8.24. The number of hydrogen-bond acceptors (Lipinski definition) is 5. The van der Waals surface area contributed by atoms with Crippen LogP contribution in [0.3, 0.4) is 0 Å². The van der Waals surface area contributed by atoms with Gasteiger partial charge in [0.15, 0.2) is 0 Å². The van der Waals surface area contributed by atoms with Gasteiger partial charge in [0.2, 0.25) is 10.0 Å². The molecule has 0 unspecified atom stereocenters. The van der Waals surface area contributed by atoms with Crippen LogP contribution in [-0.4, -0.2) is 43.6 Å². The minimum Gasteiger partial charge on any atom is -0.352 e. The lowest BCUT2D eigenvalue weighted by Gasteiger charge is -2.11. The Morgan fingerprint density at radius 3 is 2.56 bits per heavy atom. The van der Waals surface area contributed by atoms with E-state index in [-0.39, 0.29) is 12.5 Å². The highest BCUT2D eigenvalue weighted by atomic mass is 32.2. The third-order valence-electron chi connectivity index (χ3n) is 3.94. The third kappa shape index (κ3) is 5.08. The van der Waals surface area contributed by atoms with Gasteiger partial charge in [-0.3, -0.25) is 9.78 Å². The minimum absolute atomic E-state index is 0.219. The van der Waals surface area contributed by atoms with E-state index in [0.717, 1.165) is 22.7 Å². The fraction of sp³-hybridized carbons (Fsp3) is 0.211. The summed E-state index contributed by atoms with van der Waals surface area (Å²) in [7, 11) is -3.22. The van der Waals surface area contributed by atoms with Crippen LogP contribution in [0.2, 0.25) is 0 Å². The SMILES string of the molecule is CS(=O)(=O)NCCCNC(=O)c1cc(-c2ccncc2)nc2ccccc12. The quantitative estimate of drug-likeness (QED) is 0.607. The molecule has 3 aromatic rings. The summed E-state index contributed by atoms with van der Waals surface area (Å²) in [4.78, 5) is 21.4. The zero-order valence-electron chi connectivity index (χ0n) is 14.8. The Labute approximate surface area is 157 Å². The van der Waals surface area contributed by atoms with E-state index in [0.29, 0.717) is 24.2 Å². The van der Waals surface area contributed by atoms with Crippen LogP contribution in [-0.2, 0) is 10.0 Å². The van der Waals surface area contributed by atoms with Gasteiger partial charge in [-0.25, -0.2) is 18.1 Å². The van der Waals surface area contributed by atoms with E-state index in [9.17, 15) is 13.2 Å². The molecule has 0 aliphatic heterocycles. The van der Waals surface area contributed by atoms with Crippen LogP contribution >= 0.6 is 0 Å². The molecule has 2 N–H and O–H groups in total. The maximum absolute atomic E-state index is 12.7. The highest BCUT2D eigenvalue weighted by molar-refractivity contribution is 7.88. The summed E-state index contributed by atoms with van der Waals surface area (Å²) in [6.07, 6.45) is 4.97. The summed E-state index contributed by atoms with van der Waals surface area (Å²) >= 11 is 0. The maximum atomic E-state index is 12.7. The summed E-state index contributed by atoms with van der Waals surface area (Å²) in [6.45, 7) is 0.640. The number of aromatic nitrogens is 2. The van der Waals surface area contributed by atoms with Crippen molar-refractivity contribution in [2.75, 3.05) is 19.3 Å². The summed E-state index contributed by atoms with van der Waals surface area (Å²) in [5, 5.41) is 3.61. The van der Waals surface area contributed by atoms with E-state index >= 15 is 0 Å². The number of nitrogens with one attached hydrogen (secondary N) is 2. The monoisotopic (exact) mass is 384 g/mol. The number of carbonyl (C=O) groups is 1. The molecule has 0 bridgehead atoms. The van der Waals surface area contributed by atoms with Crippen molar-refractivity contribution in [1.82, 2.24) is 20.0 Å². The van der Waals surface area contributed by atoms with Gasteiger partial charge in [0.25, 0.3) is 5.91 Å². The van der Waals surface area contributed by atoms with Crippen LogP contribution in [0.5, 0.6) is 0 Å². The average molecular weight is 384 g/mol. The van der Waals surface area contributed by atoms with Gasteiger partial charge in [-0.15, -0.1) is 0 Å². The Morgan fingerprint density at radius 1 is 1.07 bits per heavy atom. The molecule has 8 heteroatoms. The summed E-state index contributed by atoms with van der Waals surface area (Å²) < 4.78 is 24.5. The van der Waals surface area contributed by atoms with Gasteiger partial charge in [0.1, 0.15) is 0 Å². The van der Waals surface area contributed by atoms with Gasteiger partial charge in [0.05, 0.1) is 23.0 Å². The number of sulfonamides is 1. The molecule has 7 nitrogen and oxygen atoms in total. The van der Waals surface area contributed by atoms with Crippen LogP contribution in [0.4, 0.5) is 0 Å². The van der Waals surface area contributed by atoms with E-state index in [1.807, 2.05) is 36.4 Å². The average Bonchev–Trinajstić information content (AvgIpc) is 2.66. The minimum atomic E-state index is -3.22. The molecule has 0 saturated heterocycles. The van der Waals surface area contributed by atoms with Crippen molar-refractivity contribution >= 4 is 26.8 Å². The molecule has 0 saturated carbocycles. The molecule has 1 amide bonds. The highest BCUT2D eigenvalue weighted by Crippen LogP contribution is 2.24. The number of para-hydroxylation sites is 1. The lowest BCUT2D eigenvalue weighted by molar-refractivity contribution is 0.0955. The van der Waals surface area contributed by atoms with Gasteiger partial charge in [-0.2, -0.15) is 0 Å². The van der Waals surface area contributed by atoms with Gasteiger partial charge >= 0.3 is 0 Å². The van der Waals surface area contributed by atoms with Crippen LogP contribution in [0.25, 0.3) is 22.2 Å². The first-order chi connectivity index (χ1) is 12.9. The molecule has 0 atom stereocenters. The molecular weight excluding hydrogens is 364 g/mol. The second-order valence-electron chi connectivity index (χ2n) is 6.08. The molecular formula is C19H20N4O3S. The summed E-state index contributed by atoms with van der Waals surface area (Å²) in [5.74, 6) is -0.219. The standard InChI is InChI=1S/C19H20N4O3S/c1-27(25,26)22-10-4-9-21-19(24)16-13-18(14-7-11-20-12-8-14)23-17-6-3-2-5-15(16)17/h2-3,5-8,11-13,22H,4,9-10H2,1H3,(H,21,24). The zero-order chi connectivity index (χ0) is 19.3. The number of benzene rings is 1. The zero-order valence-corrected chi connectivity index (χ0v) is 15.7. The van der Waals surface area contributed by atoms with Gasteiger partial charge in [-0.05, 0) is 30.7 Å². The lowest BCUT2D eigenvalue weighted by Crippen LogP contribution is -2.29. The van der Waals surface area contributed by atoms with Gasteiger partial charge in [-0.1, -0.05) is 18.2 Å². The van der Waals surface area contributed by atoms with Crippen molar-refractivity contribution in [2.24, 2.45) is 0 Å². The number of carbonyl (C=O) groups excluding carboxylic acids is 1. The molecule has 2 heterocycles. The van der Waals surface area contributed by atoms with Crippen LogP contribution in [0.15, 0.2) is 54.9 Å². The van der Waals surface area contributed by atoms with E-state index < -0.39 is 10.0 Å². The van der Waals surface area contributed by atoms with Crippen molar-refractivity contribution < 1.29 is 13.2 Å². The Bertz CT molecular complexity index is 1050. The number of amides is 1. The molecule has 2 aromatic heterocycles. The molecule has 0 aliphatic rings. The Morgan fingerprint density at radius 2 is 1.81 bits per heavy atom. The van der Waals surface area contributed by atoms with Gasteiger partial charge < -0.3 is 5.32 Å². The first-order valence-corrected chi connectivity index (χ1v) is 10.4. The Kier molecular flexibility index (Phi) is 5.78. The van der Waals surface area contributed by atoms with Crippen molar-refractivity contribution in [3.8, 4) is 11.3 Å². The predicted octanol–water partition coefficient (Wildman–Crippen LogP) is 1.97. The van der Waals surface area contributed by atoms with Crippen molar-refractivity contribution in [1.29, 1.82) is 0 Å². The van der Waals surface area contributed by atoms with Crippen LogP contribution in [0.1, 0.15) is 16.8 Å². The molecule has 140 valence electrons. The first-order valence-electron chi connectivity index (χ1n) is 8.47. The van der Waals surface area contributed by atoms with Crippen molar-refractivity contribution in [3.63, 3.8) is 0 Å². The molecule has 0 radical (unpaired) electrons. The number of hydrogen-bond donors (Lipinski definition) is 2. The number of nitrogens with zero attached hydrogens (tertiary/aromatic N) is 2. The smallest absolute Gasteiger partial charge is 0.252 e.